The van der Waals surface area contributed by atoms with Gasteiger partial charge < -0.3 is 65.6 Å². The van der Waals surface area contributed by atoms with Crippen molar-refractivity contribution in [3.05, 3.63) is 12.2 Å². The van der Waals surface area contributed by atoms with Crippen LogP contribution >= 0.6 is 11.8 Å². The average molecular weight is 1350 g/mol. The molecule has 0 aromatic rings. The Hall–Kier alpha value is -5.82. The minimum absolute atomic E-state index is 0.0108. The van der Waals surface area contributed by atoms with E-state index in [-0.39, 0.29) is 61.5 Å². The highest BCUT2D eigenvalue weighted by atomic mass is 32.2. The summed E-state index contributed by atoms with van der Waals surface area (Å²) in [4.78, 5) is 175. The Balaban J connectivity index is 4.55. The van der Waals surface area contributed by atoms with E-state index >= 15 is 28.8 Å². The van der Waals surface area contributed by atoms with Gasteiger partial charge in [-0.3, -0.25) is 52.7 Å². The maximum atomic E-state index is 15.4. The van der Waals surface area contributed by atoms with E-state index in [9.17, 15) is 29.1 Å². The standard InChI is InChI=1S/C69H126N12O12S/c1-27-31-32-46(17)58(82)57-62(86)72-49(28-2)64(88)78(24)54(39-94-34-33-81(29-3)30-4)67(91)74(20)51(36-41(7)8)61(85)73-55(44(13)14)68(92)75(21)50(35-40(5)6)60(84)70-47(18)59(83)71-48(19)63(87)76(22)52(37-42(9)10)65(89)77(23)53(38-43(11)12)66(90)79(25)56(45(15)16)69(93)80(57)26/h27,31,40-58,82H,28-30,32-39H2,1-26H3,(H,70,84)(H,71,83)(H,72,86)(H,73,85)/t46-,47-,48+,49-,50?,51+,52-,53-,54-,55-,56-,57-,58-/m1/s1. The fourth-order valence-electron chi connectivity index (χ4n) is 11.9. The molecule has 1 rings (SSSR count). The predicted octanol–water partition coefficient (Wildman–Crippen LogP) is 4.71. The van der Waals surface area contributed by atoms with Crippen LogP contribution in [0.2, 0.25) is 0 Å². The van der Waals surface area contributed by atoms with Crippen molar-refractivity contribution in [2.45, 2.75) is 243 Å². The fraction of sp³-hybridized carbons (Fsp3) is 0.812. The molecule has 11 amide bonds. The molecule has 0 bridgehead atoms. The summed E-state index contributed by atoms with van der Waals surface area (Å²) in [6, 6.07) is -13.7. The Morgan fingerprint density at radius 3 is 1.31 bits per heavy atom. The summed E-state index contributed by atoms with van der Waals surface area (Å²) in [6.45, 7) is 36.5. The monoisotopic (exact) mass is 1350 g/mol. The van der Waals surface area contributed by atoms with Crippen LogP contribution in [0.4, 0.5) is 0 Å². The number of aliphatic hydroxyl groups excluding tert-OH is 1. The molecule has 24 nitrogen and oxygen atoms in total. The van der Waals surface area contributed by atoms with Gasteiger partial charge in [-0.05, 0) is 114 Å². The zero-order chi connectivity index (χ0) is 72.7. The van der Waals surface area contributed by atoms with E-state index in [1.54, 1.807) is 47.6 Å². The van der Waals surface area contributed by atoms with Crippen LogP contribution in [0.3, 0.4) is 0 Å². The smallest absolute Gasteiger partial charge is 0.246 e. The van der Waals surface area contributed by atoms with Crippen LogP contribution in [-0.2, 0) is 52.7 Å². The number of hydrogen-bond acceptors (Lipinski definition) is 14. The van der Waals surface area contributed by atoms with Gasteiger partial charge >= 0.3 is 0 Å². The molecule has 13 atom stereocenters. The van der Waals surface area contributed by atoms with Crippen molar-refractivity contribution in [2.24, 2.45) is 41.4 Å². The number of carbonyl (C=O) groups excluding carboxylic acids is 11. The topological polar surface area (TPSA) is 282 Å². The molecule has 0 radical (unpaired) electrons. The zero-order valence-electron chi connectivity index (χ0n) is 62.3. The van der Waals surface area contributed by atoms with Crippen LogP contribution in [-0.4, -0.2) is 262 Å². The largest absolute Gasteiger partial charge is 0.390 e. The van der Waals surface area contributed by atoms with Gasteiger partial charge in [-0.1, -0.05) is 123 Å². The second-order valence-electron chi connectivity index (χ2n) is 28.4. The van der Waals surface area contributed by atoms with Gasteiger partial charge in [0, 0.05) is 67.4 Å². The molecule has 1 heterocycles. The van der Waals surface area contributed by atoms with Crippen LogP contribution in [0.1, 0.15) is 170 Å². The molecular weight excluding hydrogens is 1220 g/mol. The summed E-state index contributed by atoms with van der Waals surface area (Å²) in [5.41, 5.74) is 0. The minimum atomic E-state index is -1.63. The average Bonchev–Trinajstić information content (AvgIpc) is 0.858. The molecular formula is C69H126N12O12S. The van der Waals surface area contributed by atoms with Crippen LogP contribution < -0.4 is 21.3 Å². The van der Waals surface area contributed by atoms with Gasteiger partial charge in [0.2, 0.25) is 65.0 Å². The molecule has 0 saturated carbocycles. The molecule has 25 heteroatoms. The van der Waals surface area contributed by atoms with Crippen LogP contribution in [0.25, 0.3) is 0 Å². The fourth-order valence-corrected chi connectivity index (χ4v) is 13.1. The molecule has 1 saturated heterocycles. The first-order valence-corrected chi connectivity index (χ1v) is 35.4. The lowest BCUT2D eigenvalue weighted by molar-refractivity contribution is -0.157. The number of aliphatic hydroxyl groups is 1. The van der Waals surface area contributed by atoms with E-state index in [4.69, 9.17) is 0 Å². The Labute approximate surface area is 569 Å². The molecule has 1 unspecified atom stereocenters. The lowest BCUT2D eigenvalue weighted by Gasteiger charge is -2.41. The Kier molecular flexibility index (Phi) is 37.3. The number of nitrogens with zero attached hydrogens (tertiary/aromatic N) is 8. The highest BCUT2D eigenvalue weighted by Gasteiger charge is 2.46. The Bertz CT molecular complexity index is 2530. The quantitative estimate of drug-likeness (QED) is 0.0726. The summed E-state index contributed by atoms with van der Waals surface area (Å²) < 4.78 is 0. The normalized spacial score (nSPS) is 26.3. The second-order valence-corrected chi connectivity index (χ2v) is 29.6. The molecule has 540 valence electrons. The van der Waals surface area contributed by atoms with E-state index in [0.29, 0.717) is 18.7 Å². The lowest BCUT2D eigenvalue weighted by atomic mass is 9.91. The number of allylic oxidation sites excluding steroid dienone is 2. The first-order chi connectivity index (χ1) is 43.6. The maximum absolute atomic E-state index is 15.4. The first-order valence-electron chi connectivity index (χ1n) is 34.3. The van der Waals surface area contributed by atoms with Gasteiger partial charge in [-0.15, -0.1) is 0 Å². The van der Waals surface area contributed by atoms with Gasteiger partial charge in [-0.25, -0.2) is 0 Å². The van der Waals surface area contributed by atoms with Crippen molar-refractivity contribution in [3.63, 3.8) is 0 Å². The van der Waals surface area contributed by atoms with Crippen molar-refractivity contribution in [1.29, 1.82) is 0 Å². The molecule has 0 aromatic carbocycles. The van der Waals surface area contributed by atoms with Crippen molar-refractivity contribution >= 4 is 76.7 Å². The van der Waals surface area contributed by atoms with Gasteiger partial charge in [0.05, 0.1) is 6.10 Å². The van der Waals surface area contributed by atoms with Gasteiger partial charge in [0.15, 0.2) is 0 Å². The number of rotatable bonds is 22. The van der Waals surface area contributed by atoms with E-state index in [0.717, 1.165) is 18.0 Å². The van der Waals surface area contributed by atoms with Crippen LogP contribution in [0.15, 0.2) is 12.2 Å². The summed E-state index contributed by atoms with van der Waals surface area (Å²) >= 11 is 1.44. The van der Waals surface area contributed by atoms with Crippen LogP contribution in [0.5, 0.6) is 0 Å². The first kappa shape index (κ1) is 86.2. The third-order valence-electron chi connectivity index (χ3n) is 18.1. The summed E-state index contributed by atoms with van der Waals surface area (Å²) in [5, 5.41) is 23.5. The molecule has 0 aliphatic carbocycles. The molecule has 0 spiro atoms. The number of thioether (sulfide) groups is 1. The zero-order valence-corrected chi connectivity index (χ0v) is 63.1. The van der Waals surface area contributed by atoms with Crippen molar-refractivity contribution in [2.75, 3.05) is 80.5 Å². The number of amides is 11. The van der Waals surface area contributed by atoms with Crippen molar-refractivity contribution in [1.82, 2.24) is 60.5 Å². The van der Waals surface area contributed by atoms with Crippen molar-refractivity contribution in [3.8, 4) is 0 Å². The van der Waals surface area contributed by atoms with Gasteiger partial charge in [0.1, 0.15) is 66.5 Å². The highest BCUT2D eigenvalue weighted by Crippen LogP contribution is 2.26. The lowest BCUT2D eigenvalue weighted by Crippen LogP contribution is -2.64. The molecule has 0 aromatic heterocycles. The van der Waals surface area contributed by atoms with Gasteiger partial charge in [0.25, 0.3) is 0 Å². The summed E-state index contributed by atoms with van der Waals surface area (Å²) in [7, 11) is 10.1. The maximum Gasteiger partial charge on any atom is 0.246 e. The third-order valence-corrected chi connectivity index (χ3v) is 19.1. The molecule has 5 N–H and O–H groups in total. The third kappa shape index (κ3) is 24.7. The SMILES string of the molecule is CC=CC[C@@H](C)[C@@H](O)[C@@H]1C(=O)N[C@H](CC)C(=O)N(C)[C@H](CSCCN(CC)CC)C(=O)N(C)[C@@H](CC(C)C)C(=O)N[C@H](C(C)C)C(=O)N(C)C(CC(C)C)C(=O)N[C@H](C)C(=O)N[C@@H](C)C(=O)N(C)[C@H](CC(C)C)C(=O)N(C)[C@H](CC(C)C)C(=O)N(C)[C@H](C(C)C)C(=O)N1C. The highest BCUT2D eigenvalue weighted by molar-refractivity contribution is 7.99. The Morgan fingerprint density at radius 1 is 0.457 bits per heavy atom. The Morgan fingerprint density at radius 2 is 0.862 bits per heavy atom. The van der Waals surface area contributed by atoms with Crippen molar-refractivity contribution < 1.29 is 57.8 Å². The summed E-state index contributed by atoms with van der Waals surface area (Å²) in [5.74, 6) is -9.04. The van der Waals surface area contributed by atoms with Crippen LogP contribution in [0, 0.1) is 41.4 Å². The number of hydrogen-bond donors (Lipinski definition) is 5. The van der Waals surface area contributed by atoms with E-state index < -0.39 is 155 Å². The number of nitrogens with one attached hydrogen (secondary N) is 4. The minimum Gasteiger partial charge on any atom is -0.390 e. The van der Waals surface area contributed by atoms with E-state index in [1.807, 2.05) is 82.2 Å². The second kappa shape index (κ2) is 40.7. The van der Waals surface area contributed by atoms with E-state index in [2.05, 4.69) is 26.2 Å². The van der Waals surface area contributed by atoms with E-state index in [1.165, 1.54) is 104 Å². The molecule has 1 aliphatic heterocycles. The van der Waals surface area contributed by atoms with Gasteiger partial charge in [-0.2, -0.15) is 11.8 Å². The molecule has 94 heavy (non-hydrogen) atoms. The predicted molar refractivity (Wildman–Crippen MR) is 372 cm³/mol. The molecule has 1 aliphatic rings. The summed E-state index contributed by atoms with van der Waals surface area (Å²) in [6.07, 6.45) is 3.01. The molecule has 1 fully saturated rings. The number of likely N-dealkylation sites (N-methyl/N-ethyl adjacent to an activating group) is 7. The number of carbonyl (C=O) groups is 11.